The van der Waals surface area contributed by atoms with Gasteiger partial charge in [0.05, 0.1) is 0 Å². The van der Waals surface area contributed by atoms with E-state index in [1.165, 1.54) is 0 Å². The predicted molar refractivity (Wildman–Crippen MR) is 55.1 cm³/mol. The molecule has 13 heavy (non-hydrogen) atoms. The van der Waals surface area contributed by atoms with Gasteiger partial charge in [0, 0.05) is 15.9 Å². The molecule has 1 aromatic rings. The Labute approximate surface area is 89.7 Å². The van der Waals surface area contributed by atoms with Crippen molar-refractivity contribution < 1.29 is 9.90 Å². The van der Waals surface area contributed by atoms with E-state index in [2.05, 4.69) is 15.9 Å². The molecule has 0 heterocycles. The van der Waals surface area contributed by atoms with Gasteiger partial charge in [-0.25, -0.2) is 0 Å². The highest BCUT2D eigenvalue weighted by Gasteiger charge is 2.06. The Hall–Kier alpha value is -0.540. The summed E-state index contributed by atoms with van der Waals surface area (Å²) in [5.41, 5.74) is 0.853. The van der Waals surface area contributed by atoms with Gasteiger partial charge in [-0.1, -0.05) is 33.6 Å². The molecule has 70 valence electrons. The number of benzene rings is 1. The molecule has 0 aliphatic rings. The Morgan fingerprint density at radius 3 is 2.77 bits per heavy atom. The van der Waals surface area contributed by atoms with E-state index in [1.807, 2.05) is 12.1 Å². The van der Waals surface area contributed by atoms with Crippen LogP contribution in [0.2, 0.25) is 5.02 Å². The number of carboxylic acid groups (broad SMARTS) is 1. The molecule has 0 bridgehead atoms. The average molecular weight is 264 g/mol. The monoisotopic (exact) mass is 262 g/mol. The van der Waals surface area contributed by atoms with Crippen molar-refractivity contribution in [2.45, 2.75) is 12.8 Å². The third kappa shape index (κ3) is 3.01. The number of aliphatic carboxylic acids is 1. The van der Waals surface area contributed by atoms with Crippen LogP contribution in [0.4, 0.5) is 0 Å². The van der Waals surface area contributed by atoms with E-state index in [9.17, 15) is 4.79 Å². The number of carboxylic acids is 1. The minimum atomic E-state index is -0.813. The van der Waals surface area contributed by atoms with Crippen LogP contribution in [0.15, 0.2) is 22.7 Å². The third-order valence-electron chi connectivity index (χ3n) is 1.65. The third-order valence-corrected chi connectivity index (χ3v) is 2.75. The van der Waals surface area contributed by atoms with E-state index in [1.54, 1.807) is 6.07 Å². The summed E-state index contributed by atoms with van der Waals surface area (Å²) in [6, 6.07) is 5.42. The van der Waals surface area contributed by atoms with Crippen molar-refractivity contribution >= 4 is 33.5 Å². The summed E-state index contributed by atoms with van der Waals surface area (Å²) in [5.74, 6) is -0.813. The standard InChI is InChI=1S/C9H8BrClO2/c10-7-2-1-3-8(11)6(7)4-5-9(12)13/h1-3H,4-5H2,(H,12,13). The Balaban J connectivity index is 2.81. The quantitative estimate of drug-likeness (QED) is 0.910. The molecule has 0 atom stereocenters. The van der Waals surface area contributed by atoms with Gasteiger partial charge in [-0.3, -0.25) is 4.79 Å². The second kappa shape index (κ2) is 4.63. The van der Waals surface area contributed by atoms with E-state index in [0.29, 0.717) is 11.4 Å². The summed E-state index contributed by atoms with van der Waals surface area (Å²) in [4.78, 5) is 10.3. The first-order valence-electron chi connectivity index (χ1n) is 3.76. The Morgan fingerprint density at radius 1 is 1.54 bits per heavy atom. The summed E-state index contributed by atoms with van der Waals surface area (Å²) in [7, 11) is 0. The first-order chi connectivity index (χ1) is 6.11. The van der Waals surface area contributed by atoms with Crippen LogP contribution in [0.5, 0.6) is 0 Å². The maximum Gasteiger partial charge on any atom is 0.303 e. The average Bonchev–Trinajstić information content (AvgIpc) is 2.03. The fourth-order valence-electron chi connectivity index (χ4n) is 1.00. The van der Waals surface area contributed by atoms with Crippen molar-refractivity contribution in [3.05, 3.63) is 33.3 Å². The number of hydrogen-bond donors (Lipinski definition) is 1. The van der Waals surface area contributed by atoms with Gasteiger partial charge in [0.2, 0.25) is 0 Å². The maximum absolute atomic E-state index is 10.3. The molecule has 0 radical (unpaired) electrons. The van der Waals surface area contributed by atoms with Crippen LogP contribution in [0.1, 0.15) is 12.0 Å². The van der Waals surface area contributed by atoms with Crippen LogP contribution >= 0.6 is 27.5 Å². The topological polar surface area (TPSA) is 37.3 Å². The van der Waals surface area contributed by atoms with Crippen molar-refractivity contribution in [1.29, 1.82) is 0 Å². The van der Waals surface area contributed by atoms with E-state index in [-0.39, 0.29) is 6.42 Å². The number of halogens is 2. The number of hydrogen-bond acceptors (Lipinski definition) is 1. The molecule has 0 amide bonds. The fraction of sp³-hybridized carbons (Fsp3) is 0.222. The summed E-state index contributed by atoms with van der Waals surface area (Å²) >= 11 is 9.21. The molecule has 0 aromatic heterocycles. The molecule has 0 aliphatic carbocycles. The van der Waals surface area contributed by atoms with E-state index < -0.39 is 5.97 Å². The van der Waals surface area contributed by atoms with Gasteiger partial charge in [-0.2, -0.15) is 0 Å². The fourth-order valence-corrected chi connectivity index (χ4v) is 1.95. The van der Waals surface area contributed by atoms with Crippen LogP contribution in [-0.2, 0) is 11.2 Å². The Morgan fingerprint density at radius 2 is 2.23 bits per heavy atom. The molecule has 1 rings (SSSR count). The predicted octanol–water partition coefficient (Wildman–Crippen LogP) is 3.12. The minimum Gasteiger partial charge on any atom is -0.481 e. The first-order valence-corrected chi connectivity index (χ1v) is 4.93. The molecule has 4 heteroatoms. The lowest BCUT2D eigenvalue weighted by Gasteiger charge is -2.04. The van der Waals surface area contributed by atoms with Crippen LogP contribution < -0.4 is 0 Å². The lowest BCUT2D eigenvalue weighted by molar-refractivity contribution is -0.136. The highest BCUT2D eigenvalue weighted by molar-refractivity contribution is 9.10. The molecule has 1 N–H and O–H groups in total. The Kier molecular flexibility index (Phi) is 3.75. The zero-order valence-electron chi connectivity index (χ0n) is 6.76. The van der Waals surface area contributed by atoms with E-state index in [4.69, 9.17) is 16.7 Å². The van der Waals surface area contributed by atoms with Gasteiger partial charge in [-0.15, -0.1) is 0 Å². The highest BCUT2D eigenvalue weighted by Crippen LogP contribution is 2.25. The van der Waals surface area contributed by atoms with Crippen molar-refractivity contribution in [3.8, 4) is 0 Å². The van der Waals surface area contributed by atoms with Gasteiger partial charge in [-0.05, 0) is 24.1 Å². The minimum absolute atomic E-state index is 0.0995. The van der Waals surface area contributed by atoms with Gasteiger partial charge in [0.1, 0.15) is 0 Å². The van der Waals surface area contributed by atoms with Gasteiger partial charge in [0.15, 0.2) is 0 Å². The number of carbonyl (C=O) groups is 1. The van der Waals surface area contributed by atoms with Gasteiger partial charge < -0.3 is 5.11 Å². The Bertz CT molecular complexity index is 305. The molecule has 0 saturated heterocycles. The summed E-state index contributed by atoms with van der Waals surface area (Å²) in [5, 5.41) is 9.11. The van der Waals surface area contributed by atoms with Crippen molar-refractivity contribution in [3.63, 3.8) is 0 Å². The van der Waals surface area contributed by atoms with Crippen LogP contribution in [0.3, 0.4) is 0 Å². The second-order valence-corrected chi connectivity index (χ2v) is 3.86. The number of rotatable bonds is 3. The molecular weight excluding hydrogens is 255 g/mol. The molecule has 1 aromatic carbocycles. The second-order valence-electron chi connectivity index (χ2n) is 2.59. The first kappa shape index (κ1) is 10.5. The normalized spacial score (nSPS) is 10.0. The van der Waals surface area contributed by atoms with E-state index >= 15 is 0 Å². The lowest BCUT2D eigenvalue weighted by Crippen LogP contribution is -1.98. The van der Waals surface area contributed by atoms with Crippen molar-refractivity contribution in [1.82, 2.24) is 0 Å². The zero-order valence-corrected chi connectivity index (χ0v) is 9.10. The molecule has 0 fully saturated rings. The maximum atomic E-state index is 10.3. The van der Waals surface area contributed by atoms with E-state index in [0.717, 1.165) is 10.0 Å². The summed E-state index contributed by atoms with van der Waals surface area (Å²) in [6.45, 7) is 0. The highest BCUT2D eigenvalue weighted by atomic mass is 79.9. The van der Waals surface area contributed by atoms with Crippen molar-refractivity contribution in [2.24, 2.45) is 0 Å². The molecule has 0 spiro atoms. The van der Waals surface area contributed by atoms with Crippen LogP contribution in [0, 0.1) is 0 Å². The molecule has 2 nitrogen and oxygen atoms in total. The van der Waals surface area contributed by atoms with Crippen molar-refractivity contribution in [2.75, 3.05) is 0 Å². The molecule has 0 unspecified atom stereocenters. The zero-order chi connectivity index (χ0) is 9.84. The lowest BCUT2D eigenvalue weighted by atomic mass is 10.1. The molecule has 0 aliphatic heterocycles. The smallest absolute Gasteiger partial charge is 0.303 e. The van der Waals surface area contributed by atoms with Gasteiger partial charge >= 0.3 is 5.97 Å². The SMILES string of the molecule is O=C(O)CCc1c(Cl)cccc1Br. The summed E-state index contributed by atoms with van der Waals surface area (Å²) in [6.07, 6.45) is 0.553. The van der Waals surface area contributed by atoms with Crippen LogP contribution in [-0.4, -0.2) is 11.1 Å². The van der Waals surface area contributed by atoms with Crippen LogP contribution in [0.25, 0.3) is 0 Å². The van der Waals surface area contributed by atoms with Gasteiger partial charge in [0.25, 0.3) is 0 Å². The molecule has 0 saturated carbocycles. The summed E-state index contributed by atoms with van der Waals surface area (Å²) < 4.78 is 0.862. The largest absolute Gasteiger partial charge is 0.481 e. The molecular formula is C9H8BrClO2.